The van der Waals surface area contributed by atoms with Gasteiger partial charge >= 0.3 is 18.3 Å². The van der Waals surface area contributed by atoms with Gasteiger partial charge in [0.15, 0.2) is 0 Å². The third-order valence-electron chi connectivity index (χ3n) is 4.12. The molecule has 1 aromatic rings. The first kappa shape index (κ1) is 26.0. The average Bonchev–Trinajstić information content (AvgIpc) is 2.68. The van der Waals surface area contributed by atoms with Crippen LogP contribution >= 0.6 is 11.6 Å². The molecule has 33 heavy (non-hydrogen) atoms. The van der Waals surface area contributed by atoms with Gasteiger partial charge in [-0.15, -0.1) is 10.1 Å². The van der Waals surface area contributed by atoms with Crippen molar-refractivity contribution in [3.8, 4) is 5.75 Å². The Bertz CT molecular complexity index is 936. The van der Waals surface area contributed by atoms with Crippen LogP contribution in [-0.4, -0.2) is 49.0 Å². The lowest BCUT2D eigenvalue weighted by molar-refractivity contribution is -0.757. The molecule has 1 heterocycles. The quantitative estimate of drug-likeness (QED) is 0.161. The van der Waals surface area contributed by atoms with Crippen LogP contribution < -0.4 is 4.74 Å². The summed E-state index contributed by atoms with van der Waals surface area (Å²) in [5.41, 5.74) is -0.354. The number of rotatable bonds is 9. The van der Waals surface area contributed by atoms with Crippen LogP contribution in [0.25, 0.3) is 6.08 Å². The Labute approximate surface area is 190 Å². The number of carbonyl (C=O) groups is 2. The third-order valence-corrected chi connectivity index (χ3v) is 4.34. The first-order valence-corrected chi connectivity index (χ1v) is 9.83. The number of fused-ring (bicyclic) bond motifs is 1. The highest BCUT2D eigenvalue weighted by atomic mass is 35.5. The van der Waals surface area contributed by atoms with E-state index in [0.29, 0.717) is 5.56 Å². The van der Waals surface area contributed by atoms with Gasteiger partial charge in [-0.2, -0.15) is 13.2 Å². The zero-order chi connectivity index (χ0) is 24.8. The Morgan fingerprint density at radius 1 is 1.24 bits per heavy atom. The topological polar surface area (TPSA) is 123 Å². The highest BCUT2D eigenvalue weighted by Crippen LogP contribution is 2.40. The number of hydrogen-bond acceptors (Lipinski definition) is 9. The van der Waals surface area contributed by atoms with E-state index in [2.05, 4.69) is 14.3 Å². The molecule has 10 nitrogen and oxygen atoms in total. The van der Waals surface area contributed by atoms with Crippen LogP contribution in [0.3, 0.4) is 0 Å². The molecule has 182 valence electrons. The molecule has 0 N–H and O–H groups in total. The zero-order valence-corrected chi connectivity index (χ0v) is 18.1. The summed E-state index contributed by atoms with van der Waals surface area (Å²) in [6.07, 6.45) is -8.97. The van der Waals surface area contributed by atoms with E-state index in [4.69, 9.17) is 21.1 Å². The van der Waals surface area contributed by atoms with Gasteiger partial charge in [-0.1, -0.05) is 11.6 Å². The molecule has 0 spiro atoms. The van der Waals surface area contributed by atoms with Crippen LogP contribution in [0.1, 0.15) is 30.9 Å². The summed E-state index contributed by atoms with van der Waals surface area (Å²) in [6, 6.07) is 2.75. The lowest BCUT2D eigenvalue weighted by Gasteiger charge is -2.29. The summed E-state index contributed by atoms with van der Waals surface area (Å²) in [7, 11) is 0. The van der Waals surface area contributed by atoms with Crippen molar-refractivity contribution in [2.75, 3.05) is 13.2 Å². The number of ether oxygens (including phenoxy) is 4. The average molecular weight is 498 g/mol. The van der Waals surface area contributed by atoms with Crippen molar-refractivity contribution in [3.63, 3.8) is 0 Å². The van der Waals surface area contributed by atoms with E-state index in [0.717, 1.165) is 13.0 Å². The maximum absolute atomic E-state index is 13.5. The van der Waals surface area contributed by atoms with E-state index < -0.39 is 41.4 Å². The van der Waals surface area contributed by atoms with Gasteiger partial charge in [0.05, 0.1) is 18.8 Å². The molecule has 0 bridgehead atoms. The van der Waals surface area contributed by atoms with Crippen molar-refractivity contribution in [1.29, 1.82) is 0 Å². The van der Waals surface area contributed by atoms with Crippen molar-refractivity contribution in [3.05, 3.63) is 44.0 Å². The molecular formula is C19H19ClF3NO9. The summed E-state index contributed by atoms with van der Waals surface area (Å²) in [5.74, 6) is -1.49. The molecule has 0 saturated carbocycles. The number of nitrogens with zero attached hydrogens (tertiary/aromatic N) is 1. The third kappa shape index (κ3) is 7.70. The van der Waals surface area contributed by atoms with Gasteiger partial charge in [-0.3, -0.25) is 0 Å². The fourth-order valence-electron chi connectivity index (χ4n) is 2.77. The second-order valence-corrected chi connectivity index (χ2v) is 7.17. The number of hydrogen-bond donors (Lipinski definition) is 0. The summed E-state index contributed by atoms with van der Waals surface area (Å²) in [6.45, 7) is 2.25. The number of alkyl halides is 3. The van der Waals surface area contributed by atoms with Gasteiger partial charge in [0.25, 0.3) is 5.09 Å². The standard InChI is InChI=1S/C19H19ClF3NO9/c1-10-7-13(20)8-12-9-14(16(19(21,22)23)33-15(10)12)17(25)31-11(2)32-18(26)29-5-3-4-6-30-24(27)28/h7-9,11,16H,3-6H2,1-2H3/t11?,16-/m0/s1. The predicted octanol–water partition coefficient (Wildman–Crippen LogP) is 4.39. The van der Waals surface area contributed by atoms with Gasteiger partial charge in [-0.05, 0) is 43.5 Å². The summed E-state index contributed by atoms with van der Waals surface area (Å²) < 4.78 is 59.8. The smallest absolute Gasteiger partial charge is 0.475 e. The van der Waals surface area contributed by atoms with E-state index in [1.165, 1.54) is 19.1 Å². The minimum atomic E-state index is -4.93. The van der Waals surface area contributed by atoms with Crippen molar-refractivity contribution >= 4 is 29.8 Å². The van der Waals surface area contributed by atoms with Crippen LogP contribution in [0.2, 0.25) is 5.02 Å². The van der Waals surface area contributed by atoms with Gasteiger partial charge in [-0.25, -0.2) is 9.59 Å². The maximum Gasteiger partial charge on any atom is 0.511 e. The number of unbranched alkanes of at least 4 members (excludes halogenated alkanes) is 1. The summed E-state index contributed by atoms with van der Waals surface area (Å²) in [5, 5.41) is 9.25. The Hall–Kier alpha value is -3.22. The van der Waals surface area contributed by atoms with Crippen molar-refractivity contribution in [2.24, 2.45) is 0 Å². The molecule has 1 aliphatic rings. The Morgan fingerprint density at radius 3 is 2.55 bits per heavy atom. The number of carbonyl (C=O) groups excluding carboxylic acids is 2. The molecule has 0 aromatic heterocycles. The van der Waals surface area contributed by atoms with Crippen molar-refractivity contribution in [1.82, 2.24) is 0 Å². The molecule has 0 fully saturated rings. The van der Waals surface area contributed by atoms with E-state index in [1.807, 2.05) is 0 Å². The first-order chi connectivity index (χ1) is 15.4. The summed E-state index contributed by atoms with van der Waals surface area (Å²) in [4.78, 5) is 38.1. The Kier molecular flexibility index (Phi) is 8.74. The lowest BCUT2D eigenvalue weighted by atomic mass is 9.99. The minimum Gasteiger partial charge on any atom is -0.475 e. The van der Waals surface area contributed by atoms with Crippen LogP contribution in [0.15, 0.2) is 17.7 Å². The van der Waals surface area contributed by atoms with Crippen LogP contribution in [-0.2, 0) is 23.8 Å². The Morgan fingerprint density at radius 2 is 1.91 bits per heavy atom. The largest absolute Gasteiger partial charge is 0.511 e. The minimum absolute atomic E-state index is 0.0743. The van der Waals surface area contributed by atoms with Crippen LogP contribution in [0.4, 0.5) is 18.0 Å². The molecule has 0 saturated heterocycles. The number of halogens is 4. The lowest BCUT2D eigenvalue weighted by Crippen LogP contribution is -2.41. The van der Waals surface area contributed by atoms with E-state index in [-0.39, 0.29) is 42.4 Å². The van der Waals surface area contributed by atoms with E-state index in [1.54, 1.807) is 0 Å². The first-order valence-electron chi connectivity index (χ1n) is 9.45. The normalized spacial score (nSPS) is 15.9. The molecule has 1 unspecified atom stereocenters. The van der Waals surface area contributed by atoms with Crippen molar-refractivity contribution in [2.45, 2.75) is 45.3 Å². The number of esters is 1. The molecule has 1 aliphatic heterocycles. The van der Waals surface area contributed by atoms with Gasteiger partial charge < -0.3 is 23.8 Å². The number of benzene rings is 1. The highest BCUT2D eigenvalue weighted by Gasteiger charge is 2.49. The van der Waals surface area contributed by atoms with E-state index in [9.17, 15) is 32.9 Å². The maximum atomic E-state index is 13.5. The SMILES string of the molecule is Cc1cc(Cl)cc2c1O[C@H](C(F)(F)F)C(C(=O)OC(C)OC(=O)OCCCCO[N+](=O)[O-])=C2. The second kappa shape index (κ2) is 11.1. The van der Waals surface area contributed by atoms with Gasteiger partial charge in [0.2, 0.25) is 12.4 Å². The monoisotopic (exact) mass is 497 g/mol. The zero-order valence-electron chi connectivity index (χ0n) is 17.3. The molecule has 0 radical (unpaired) electrons. The molecular weight excluding hydrogens is 479 g/mol. The van der Waals surface area contributed by atoms with Gasteiger partial charge in [0.1, 0.15) is 5.75 Å². The molecule has 2 atom stereocenters. The van der Waals surface area contributed by atoms with Crippen LogP contribution in [0.5, 0.6) is 5.75 Å². The van der Waals surface area contributed by atoms with Gasteiger partial charge in [0, 0.05) is 17.5 Å². The molecule has 2 rings (SSSR count). The Balaban J connectivity index is 1.98. The molecule has 1 aromatic carbocycles. The van der Waals surface area contributed by atoms with E-state index >= 15 is 0 Å². The highest BCUT2D eigenvalue weighted by molar-refractivity contribution is 6.30. The molecule has 0 aliphatic carbocycles. The summed E-state index contributed by atoms with van der Waals surface area (Å²) >= 11 is 5.93. The number of aryl methyl sites for hydroxylation is 1. The fourth-order valence-corrected chi connectivity index (χ4v) is 3.05. The van der Waals surface area contributed by atoms with Crippen molar-refractivity contribution < 1.29 is 51.6 Å². The van der Waals surface area contributed by atoms with Crippen LogP contribution in [0, 0.1) is 17.0 Å². The molecule has 14 heteroatoms. The predicted molar refractivity (Wildman–Crippen MR) is 105 cm³/mol. The fraction of sp³-hybridized carbons (Fsp3) is 0.474. The second-order valence-electron chi connectivity index (χ2n) is 6.73. The molecule has 0 amide bonds.